The van der Waals surface area contributed by atoms with Crippen LogP contribution in [0.15, 0.2) is 24.3 Å². The fraction of sp³-hybridized carbons (Fsp3) is 0.429. The number of aliphatic carboxylic acids is 1. The van der Waals surface area contributed by atoms with Gasteiger partial charge in [0.25, 0.3) is 0 Å². The van der Waals surface area contributed by atoms with Gasteiger partial charge in [-0.3, -0.25) is 9.59 Å². The lowest BCUT2D eigenvalue weighted by Crippen LogP contribution is -2.47. The predicted octanol–water partition coefficient (Wildman–Crippen LogP) is 1.20. The first-order valence-electron chi connectivity index (χ1n) is 6.36. The Morgan fingerprint density at radius 1 is 1.42 bits per heavy atom. The van der Waals surface area contributed by atoms with Crippen molar-refractivity contribution in [3.63, 3.8) is 0 Å². The Kier molecular flexibility index (Phi) is 3.74. The van der Waals surface area contributed by atoms with Crippen molar-refractivity contribution in [3.8, 4) is 0 Å². The molecule has 1 aliphatic heterocycles. The minimum absolute atomic E-state index is 0.0661. The maximum absolute atomic E-state index is 11.8. The van der Waals surface area contributed by atoms with Crippen molar-refractivity contribution in [2.24, 2.45) is 0 Å². The van der Waals surface area contributed by atoms with Gasteiger partial charge in [0.2, 0.25) is 5.91 Å². The van der Waals surface area contributed by atoms with Gasteiger partial charge in [-0.2, -0.15) is 0 Å². The zero-order chi connectivity index (χ0) is 14.0. The number of rotatable bonds is 3. The quantitative estimate of drug-likeness (QED) is 0.858. The fourth-order valence-electron chi connectivity index (χ4n) is 2.60. The molecular formula is C14H18N2O3. The summed E-state index contributed by atoms with van der Waals surface area (Å²) in [7, 11) is 1.61. The maximum atomic E-state index is 11.8. The van der Waals surface area contributed by atoms with Crippen LogP contribution in [0.3, 0.4) is 0 Å². The van der Waals surface area contributed by atoms with Gasteiger partial charge in [-0.1, -0.05) is 18.2 Å². The average molecular weight is 262 g/mol. The highest BCUT2D eigenvalue weighted by Gasteiger charge is 2.33. The molecule has 2 atom stereocenters. The molecule has 1 aliphatic rings. The van der Waals surface area contributed by atoms with Crippen LogP contribution in [0.25, 0.3) is 0 Å². The predicted molar refractivity (Wildman–Crippen MR) is 72.3 cm³/mol. The van der Waals surface area contributed by atoms with E-state index in [0.717, 1.165) is 11.3 Å². The molecule has 5 heteroatoms. The SMILES string of the molecule is CNC(=O)C(C)N1CCC(C(=O)O)c2ccccc21. The number of nitrogens with zero attached hydrogens (tertiary/aromatic N) is 1. The van der Waals surface area contributed by atoms with Gasteiger partial charge in [-0.05, 0) is 25.0 Å². The summed E-state index contributed by atoms with van der Waals surface area (Å²) in [6, 6.07) is 7.11. The van der Waals surface area contributed by atoms with Crippen molar-refractivity contribution in [2.45, 2.75) is 25.3 Å². The molecule has 0 aliphatic carbocycles. The second kappa shape index (κ2) is 5.30. The van der Waals surface area contributed by atoms with E-state index in [1.165, 1.54) is 0 Å². The number of benzene rings is 1. The second-order valence-corrected chi connectivity index (χ2v) is 4.72. The highest BCUT2D eigenvalue weighted by molar-refractivity contribution is 5.87. The van der Waals surface area contributed by atoms with Crippen molar-refractivity contribution >= 4 is 17.6 Å². The monoisotopic (exact) mass is 262 g/mol. The van der Waals surface area contributed by atoms with E-state index in [9.17, 15) is 14.7 Å². The lowest BCUT2D eigenvalue weighted by atomic mass is 9.89. The van der Waals surface area contributed by atoms with Crippen LogP contribution < -0.4 is 10.2 Å². The summed E-state index contributed by atoms with van der Waals surface area (Å²) in [5.41, 5.74) is 1.63. The Morgan fingerprint density at radius 2 is 2.11 bits per heavy atom. The van der Waals surface area contributed by atoms with Gasteiger partial charge in [-0.15, -0.1) is 0 Å². The van der Waals surface area contributed by atoms with E-state index in [0.29, 0.717) is 13.0 Å². The molecule has 1 aromatic rings. The van der Waals surface area contributed by atoms with Gasteiger partial charge < -0.3 is 15.3 Å². The number of anilines is 1. The summed E-state index contributed by atoms with van der Waals surface area (Å²) in [4.78, 5) is 25.0. The summed E-state index contributed by atoms with van der Waals surface area (Å²) >= 11 is 0. The van der Waals surface area contributed by atoms with Gasteiger partial charge in [-0.25, -0.2) is 0 Å². The lowest BCUT2D eigenvalue weighted by Gasteiger charge is -2.37. The first kappa shape index (κ1) is 13.4. The summed E-state index contributed by atoms with van der Waals surface area (Å²) < 4.78 is 0. The zero-order valence-electron chi connectivity index (χ0n) is 11.1. The Labute approximate surface area is 112 Å². The first-order chi connectivity index (χ1) is 9.06. The van der Waals surface area contributed by atoms with E-state index in [2.05, 4.69) is 5.32 Å². The first-order valence-corrected chi connectivity index (χ1v) is 6.36. The van der Waals surface area contributed by atoms with Crippen LogP contribution in [0.1, 0.15) is 24.8 Å². The van der Waals surface area contributed by atoms with Crippen molar-refractivity contribution in [3.05, 3.63) is 29.8 Å². The van der Waals surface area contributed by atoms with E-state index < -0.39 is 11.9 Å². The summed E-state index contributed by atoms with van der Waals surface area (Å²) in [5.74, 6) is -1.35. The summed E-state index contributed by atoms with van der Waals surface area (Å²) in [6.07, 6.45) is 0.522. The van der Waals surface area contributed by atoms with Crippen molar-refractivity contribution in [1.29, 1.82) is 0 Å². The number of likely N-dealkylation sites (N-methyl/N-ethyl adjacent to an activating group) is 1. The van der Waals surface area contributed by atoms with Crippen molar-refractivity contribution < 1.29 is 14.7 Å². The standard InChI is InChI=1S/C14H18N2O3/c1-9(13(17)15-2)16-8-7-11(14(18)19)10-5-3-4-6-12(10)16/h3-6,9,11H,7-8H2,1-2H3,(H,15,17)(H,18,19). The van der Waals surface area contributed by atoms with Crippen molar-refractivity contribution in [2.75, 3.05) is 18.5 Å². The van der Waals surface area contributed by atoms with Gasteiger partial charge >= 0.3 is 5.97 Å². The topological polar surface area (TPSA) is 69.6 Å². The minimum atomic E-state index is -0.806. The van der Waals surface area contributed by atoms with Crippen LogP contribution in [0.4, 0.5) is 5.69 Å². The Morgan fingerprint density at radius 3 is 2.74 bits per heavy atom. The molecule has 102 valence electrons. The van der Waals surface area contributed by atoms with Gasteiger partial charge in [0.15, 0.2) is 0 Å². The van der Waals surface area contributed by atoms with E-state index in [1.54, 1.807) is 7.05 Å². The highest BCUT2D eigenvalue weighted by Crippen LogP contribution is 2.36. The Bertz CT molecular complexity index is 501. The molecule has 2 rings (SSSR count). The third-order valence-corrected chi connectivity index (χ3v) is 3.67. The van der Waals surface area contributed by atoms with E-state index >= 15 is 0 Å². The lowest BCUT2D eigenvalue weighted by molar-refractivity contribution is -0.139. The molecule has 0 saturated carbocycles. The van der Waals surface area contributed by atoms with Crippen LogP contribution in [0, 0.1) is 0 Å². The molecule has 0 radical (unpaired) electrons. The van der Waals surface area contributed by atoms with Gasteiger partial charge in [0, 0.05) is 19.3 Å². The van der Waals surface area contributed by atoms with E-state index in [1.807, 2.05) is 36.1 Å². The number of carbonyl (C=O) groups excluding carboxylic acids is 1. The molecule has 1 amide bonds. The number of nitrogens with one attached hydrogen (secondary N) is 1. The number of carbonyl (C=O) groups is 2. The molecule has 2 N–H and O–H groups in total. The maximum Gasteiger partial charge on any atom is 0.311 e. The molecule has 1 aromatic carbocycles. The number of hydrogen-bond donors (Lipinski definition) is 2. The normalized spacial score (nSPS) is 19.5. The molecule has 0 fully saturated rings. The number of amides is 1. The van der Waals surface area contributed by atoms with Gasteiger partial charge in [0.05, 0.1) is 5.92 Å². The summed E-state index contributed by atoms with van der Waals surface area (Å²) in [5, 5.41) is 11.9. The Hall–Kier alpha value is -2.04. The molecule has 2 unspecified atom stereocenters. The van der Waals surface area contributed by atoms with Crippen LogP contribution in [-0.2, 0) is 9.59 Å². The average Bonchev–Trinajstić information content (AvgIpc) is 2.44. The fourth-order valence-corrected chi connectivity index (χ4v) is 2.60. The molecule has 0 aromatic heterocycles. The minimum Gasteiger partial charge on any atom is -0.481 e. The van der Waals surface area contributed by atoms with E-state index in [-0.39, 0.29) is 11.9 Å². The number of carboxylic acids is 1. The third-order valence-electron chi connectivity index (χ3n) is 3.67. The molecule has 0 saturated heterocycles. The largest absolute Gasteiger partial charge is 0.481 e. The van der Waals surface area contributed by atoms with Crippen LogP contribution in [0.5, 0.6) is 0 Å². The van der Waals surface area contributed by atoms with Gasteiger partial charge in [0.1, 0.15) is 6.04 Å². The zero-order valence-corrected chi connectivity index (χ0v) is 11.1. The number of fused-ring (bicyclic) bond motifs is 1. The molecular weight excluding hydrogens is 244 g/mol. The number of para-hydroxylation sites is 1. The van der Waals surface area contributed by atoms with Crippen LogP contribution in [-0.4, -0.2) is 36.6 Å². The third kappa shape index (κ3) is 2.41. The molecule has 0 bridgehead atoms. The molecule has 19 heavy (non-hydrogen) atoms. The summed E-state index contributed by atoms with van der Waals surface area (Å²) in [6.45, 7) is 2.40. The van der Waals surface area contributed by atoms with Crippen LogP contribution >= 0.6 is 0 Å². The van der Waals surface area contributed by atoms with E-state index in [4.69, 9.17) is 0 Å². The number of hydrogen-bond acceptors (Lipinski definition) is 3. The molecule has 1 heterocycles. The Balaban J connectivity index is 2.38. The number of carboxylic acid groups (broad SMARTS) is 1. The second-order valence-electron chi connectivity index (χ2n) is 4.72. The highest BCUT2D eigenvalue weighted by atomic mass is 16.4. The smallest absolute Gasteiger partial charge is 0.311 e. The van der Waals surface area contributed by atoms with Crippen molar-refractivity contribution in [1.82, 2.24) is 5.32 Å². The van der Waals surface area contributed by atoms with Crippen LogP contribution in [0.2, 0.25) is 0 Å². The molecule has 0 spiro atoms. The molecule has 5 nitrogen and oxygen atoms in total.